The fourth-order valence-corrected chi connectivity index (χ4v) is 1.83. The summed E-state index contributed by atoms with van der Waals surface area (Å²) in [6.45, 7) is 3.97. The molecule has 0 amide bonds. The lowest BCUT2D eigenvalue weighted by molar-refractivity contribution is 0.111. The number of phenolic OH excluding ortho intramolecular Hbond substituents is 1. The first-order chi connectivity index (χ1) is 10.2. The summed E-state index contributed by atoms with van der Waals surface area (Å²) < 4.78 is 5.55. The smallest absolute Gasteiger partial charge is 0.153 e. The van der Waals surface area contributed by atoms with Crippen LogP contribution in [0.1, 0.15) is 31.8 Å². The molecule has 0 aliphatic carbocycles. The van der Waals surface area contributed by atoms with E-state index >= 15 is 0 Å². The molecule has 2 aromatic rings. The van der Waals surface area contributed by atoms with Gasteiger partial charge in [-0.1, -0.05) is 36.9 Å². The van der Waals surface area contributed by atoms with Gasteiger partial charge < -0.3 is 9.84 Å². The van der Waals surface area contributed by atoms with E-state index in [9.17, 15) is 14.7 Å². The molecule has 0 atom stereocenters. The quantitative estimate of drug-likeness (QED) is 0.826. The molecule has 0 saturated heterocycles. The first-order valence-electron chi connectivity index (χ1n) is 6.29. The Morgan fingerprint density at radius 3 is 2.10 bits per heavy atom. The normalized spacial score (nSPS) is 9.90. The van der Waals surface area contributed by atoms with E-state index in [1.807, 2.05) is 24.3 Å². The topological polar surface area (TPSA) is 63.6 Å². The van der Waals surface area contributed by atoms with Crippen LogP contribution in [-0.2, 0) is 6.61 Å². The molecular weight excluding hydrogens is 268 g/mol. The Morgan fingerprint density at radius 1 is 1.05 bits per heavy atom. The monoisotopic (exact) mass is 282 g/mol. The molecule has 0 fully saturated rings. The van der Waals surface area contributed by atoms with Gasteiger partial charge in [-0.2, -0.15) is 0 Å². The van der Waals surface area contributed by atoms with Crippen LogP contribution in [0, 0.1) is 0 Å². The third-order valence-corrected chi connectivity index (χ3v) is 3.02. The van der Waals surface area contributed by atoms with Crippen LogP contribution in [0.15, 0.2) is 43.0 Å². The number of ether oxygens (including phenoxy) is 1. The lowest BCUT2D eigenvalue weighted by Gasteiger charge is -2.09. The number of carbonyl (C=O) groups is 2. The molecule has 2 aromatic carbocycles. The van der Waals surface area contributed by atoms with Gasteiger partial charge in [-0.3, -0.25) is 9.59 Å². The zero-order valence-corrected chi connectivity index (χ0v) is 11.3. The van der Waals surface area contributed by atoms with E-state index in [4.69, 9.17) is 4.74 Å². The summed E-state index contributed by atoms with van der Waals surface area (Å²) in [5.74, 6) is 0.0208. The maximum atomic E-state index is 10.9. The van der Waals surface area contributed by atoms with Crippen LogP contribution in [0.3, 0.4) is 0 Å². The average Bonchev–Trinajstić information content (AvgIpc) is 2.54. The van der Waals surface area contributed by atoms with Crippen LogP contribution >= 0.6 is 0 Å². The highest BCUT2D eigenvalue weighted by Gasteiger charge is 2.10. The number of aromatic hydroxyl groups is 1. The van der Waals surface area contributed by atoms with Gasteiger partial charge >= 0.3 is 0 Å². The number of hydrogen-bond acceptors (Lipinski definition) is 4. The van der Waals surface area contributed by atoms with Crippen molar-refractivity contribution in [1.82, 2.24) is 0 Å². The summed E-state index contributed by atoms with van der Waals surface area (Å²) in [4.78, 5) is 21.7. The summed E-state index contributed by atoms with van der Waals surface area (Å²) in [7, 11) is 0. The Labute approximate surface area is 122 Å². The Morgan fingerprint density at radius 2 is 1.62 bits per heavy atom. The summed E-state index contributed by atoms with van der Waals surface area (Å²) in [5, 5.41) is 9.63. The van der Waals surface area contributed by atoms with Crippen molar-refractivity contribution >= 4 is 18.6 Å². The number of rotatable bonds is 6. The molecule has 0 spiro atoms. The second kappa shape index (κ2) is 6.52. The number of aldehydes is 2. The number of benzene rings is 2. The van der Waals surface area contributed by atoms with E-state index in [1.165, 1.54) is 12.1 Å². The number of carbonyl (C=O) groups excluding carboxylic acids is 2. The summed E-state index contributed by atoms with van der Waals surface area (Å²) in [6, 6.07) is 10.4. The molecule has 0 aromatic heterocycles. The van der Waals surface area contributed by atoms with Crippen molar-refractivity contribution in [2.45, 2.75) is 6.61 Å². The van der Waals surface area contributed by atoms with Crippen molar-refractivity contribution in [1.29, 1.82) is 0 Å². The van der Waals surface area contributed by atoms with Gasteiger partial charge in [0.05, 0.1) is 11.1 Å². The fraction of sp³-hybridized carbons (Fsp3) is 0.0588. The van der Waals surface area contributed by atoms with Crippen LogP contribution in [0.2, 0.25) is 0 Å². The molecule has 4 heteroatoms. The standard InChI is InChI=1S/C17H14O4/c1-2-12-3-5-13(6-4-12)11-21-16-7-14(9-18)17(20)15(8-16)10-19/h2-10,20H,1,11H2. The molecule has 21 heavy (non-hydrogen) atoms. The highest BCUT2D eigenvalue weighted by molar-refractivity contribution is 5.89. The Kier molecular flexibility index (Phi) is 4.51. The van der Waals surface area contributed by atoms with Crippen molar-refractivity contribution < 1.29 is 19.4 Å². The van der Waals surface area contributed by atoms with E-state index in [1.54, 1.807) is 6.08 Å². The summed E-state index contributed by atoms with van der Waals surface area (Å²) in [6.07, 6.45) is 2.71. The van der Waals surface area contributed by atoms with Gasteiger partial charge in [-0.25, -0.2) is 0 Å². The first-order valence-corrected chi connectivity index (χ1v) is 6.29. The predicted molar refractivity (Wildman–Crippen MR) is 79.7 cm³/mol. The van der Waals surface area contributed by atoms with Crippen molar-refractivity contribution in [2.75, 3.05) is 0 Å². The largest absolute Gasteiger partial charge is 0.506 e. The zero-order valence-electron chi connectivity index (χ0n) is 11.3. The third-order valence-electron chi connectivity index (χ3n) is 3.02. The lowest BCUT2D eigenvalue weighted by Crippen LogP contribution is -1.98. The third kappa shape index (κ3) is 3.36. The molecule has 0 aliphatic rings. The fourth-order valence-electron chi connectivity index (χ4n) is 1.83. The van der Waals surface area contributed by atoms with Crippen LogP contribution in [-0.4, -0.2) is 17.7 Å². The summed E-state index contributed by atoms with van der Waals surface area (Å²) >= 11 is 0. The highest BCUT2D eigenvalue weighted by atomic mass is 16.5. The maximum Gasteiger partial charge on any atom is 0.153 e. The maximum absolute atomic E-state index is 10.9. The molecule has 2 rings (SSSR count). The molecular formula is C17H14O4. The van der Waals surface area contributed by atoms with E-state index < -0.39 is 0 Å². The number of hydrogen-bond donors (Lipinski definition) is 1. The van der Waals surface area contributed by atoms with Crippen LogP contribution in [0.5, 0.6) is 11.5 Å². The minimum absolute atomic E-state index is 0.0246. The van der Waals surface area contributed by atoms with E-state index in [0.717, 1.165) is 11.1 Å². The van der Waals surface area contributed by atoms with Gasteiger partial charge in [0.25, 0.3) is 0 Å². The molecule has 0 saturated carbocycles. The minimum atomic E-state index is -0.331. The summed E-state index contributed by atoms with van der Waals surface area (Å²) in [5.41, 5.74) is 2.00. The lowest BCUT2D eigenvalue weighted by atomic mass is 10.1. The average molecular weight is 282 g/mol. The molecule has 1 N–H and O–H groups in total. The Balaban J connectivity index is 2.17. The molecule has 0 aliphatic heterocycles. The van der Waals surface area contributed by atoms with Crippen molar-refractivity contribution in [3.63, 3.8) is 0 Å². The van der Waals surface area contributed by atoms with Crippen LogP contribution in [0.25, 0.3) is 6.08 Å². The van der Waals surface area contributed by atoms with Gasteiger partial charge in [-0.15, -0.1) is 0 Å². The van der Waals surface area contributed by atoms with Crippen molar-refractivity contribution in [3.05, 3.63) is 65.2 Å². The van der Waals surface area contributed by atoms with Gasteiger partial charge in [-0.05, 0) is 23.3 Å². The highest BCUT2D eigenvalue weighted by Crippen LogP contribution is 2.26. The predicted octanol–water partition coefficient (Wildman–Crippen LogP) is 3.24. The Hall–Kier alpha value is -2.88. The van der Waals surface area contributed by atoms with E-state index in [0.29, 0.717) is 24.9 Å². The van der Waals surface area contributed by atoms with E-state index in [2.05, 4.69) is 6.58 Å². The molecule has 0 heterocycles. The molecule has 0 bridgehead atoms. The Bertz CT molecular complexity index is 643. The molecule has 106 valence electrons. The second-order valence-corrected chi connectivity index (χ2v) is 4.42. The van der Waals surface area contributed by atoms with Crippen LogP contribution in [0.4, 0.5) is 0 Å². The molecule has 4 nitrogen and oxygen atoms in total. The van der Waals surface area contributed by atoms with Crippen molar-refractivity contribution in [3.8, 4) is 11.5 Å². The van der Waals surface area contributed by atoms with Crippen LogP contribution < -0.4 is 4.74 Å². The van der Waals surface area contributed by atoms with Gasteiger partial charge in [0.2, 0.25) is 0 Å². The first kappa shape index (κ1) is 14.5. The van der Waals surface area contributed by atoms with Gasteiger partial charge in [0.1, 0.15) is 18.1 Å². The van der Waals surface area contributed by atoms with E-state index in [-0.39, 0.29) is 16.9 Å². The van der Waals surface area contributed by atoms with Crippen molar-refractivity contribution in [2.24, 2.45) is 0 Å². The number of phenols is 1. The second-order valence-electron chi connectivity index (χ2n) is 4.42. The SMILES string of the molecule is C=Cc1ccc(COc2cc(C=O)c(O)c(C=O)c2)cc1. The van der Waals surface area contributed by atoms with Gasteiger partial charge in [0.15, 0.2) is 12.6 Å². The molecule has 0 unspecified atom stereocenters. The zero-order chi connectivity index (χ0) is 15.2. The minimum Gasteiger partial charge on any atom is -0.506 e. The van der Waals surface area contributed by atoms with Gasteiger partial charge in [0, 0.05) is 0 Å². The molecule has 0 radical (unpaired) electrons.